The van der Waals surface area contributed by atoms with Crippen molar-refractivity contribution in [3.8, 4) is 0 Å². The number of carbonyl (C=O) groups excluding carboxylic acids is 1. The van der Waals surface area contributed by atoms with Gasteiger partial charge in [0.05, 0.1) is 34.9 Å². The van der Waals surface area contributed by atoms with Gasteiger partial charge in [0.1, 0.15) is 0 Å². The first-order valence-corrected chi connectivity index (χ1v) is 10.5. The van der Waals surface area contributed by atoms with Crippen molar-refractivity contribution in [2.75, 3.05) is 13.1 Å². The minimum Gasteiger partial charge on any atom is -0.342 e. The molecule has 0 saturated carbocycles. The number of amides is 1. The fourth-order valence-electron chi connectivity index (χ4n) is 4.51. The van der Waals surface area contributed by atoms with E-state index >= 15 is 0 Å². The fourth-order valence-corrected chi connectivity index (χ4v) is 4.51. The molecule has 1 saturated heterocycles. The van der Waals surface area contributed by atoms with E-state index in [0.29, 0.717) is 37.9 Å². The van der Waals surface area contributed by atoms with E-state index in [0.717, 1.165) is 22.5 Å². The lowest BCUT2D eigenvalue weighted by molar-refractivity contribution is -0.136. The minimum absolute atomic E-state index is 0.0261. The predicted octanol–water partition coefficient (Wildman–Crippen LogP) is 5.01. The molecule has 0 bridgehead atoms. The molecule has 1 amide bonds. The van der Waals surface area contributed by atoms with E-state index < -0.39 is 11.7 Å². The van der Waals surface area contributed by atoms with Gasteiger partial charge in [0, 0.05) is 30.7 Å². The maximum atomic E-state index is 13.5. The average Bonchev–Trinajstić information content (AvgIpc) is 3.22. The highest BCUT2D eigenvalue weighted by atomic mass is 19.4. The Morgan fingerprint density at radius 1 is 1.00 bits per heavy atom. The number of pyridine rings is 1. The number of likely N-dealkylation sites (tertiary alicyclic amines) is 1. The van der Waals surface area contributed by atoms with Gasteiger partial charge < -0.3 is 9.47 Å². The summed E-state index contributed by atoms with van der Waals surface area (Å²) in [7, 11) is 0. The number of halogens is 3. The smallest absolute Gasteiger partial charge is 0.342 e. The highest BCUT2D eigenvalue weighted by Gasteiger charge is 2.35. The zero-order valence-corrected chi connectivity index (χ0v) is 17.2. The third kappa shape index (κ3) is 3.81. The van der Waals surface area contributed by atoms with E-state index in [1.54, 1.807) is 21.7 Å². The second kappa shape index (κ2) is 7.93. The molecule has 5 nitrogen and oxygen atoms in total. The second-order valence-corrected chi connectivity index (χ2v) is 8.14. The summed E-state index contributed by atoms with van der Waals surface area (Å²) < 4.78 is 42.2. The largest absolute Gasteiger partial charge is 0.418 e. The number of hydrogen-bond donors (Lipinski definition) is 0. The van der Waals surface area contributed by atoms with Gasteiger partial charge in [-0.3, -0.25) is 9.78 Å². The Bertz CT molecular complexity index is 1290. The number of carbonyl (C=O) groups is 1. The number of hydrogen-bond acceptors (Lipinski definition) is 3. The number of imidazole rings is 1. The zero-order valence-electron chi connectivity index (χ0n) is 17.2. The molecule has 164 valence electrons. The summed E-state index contributed by atoms with van der Waals surface area (Å²) in [6, 6.07) is 13.6. The van der Waals surface area contributed by atoms with Crippen LogP contribution in [0.15, 0.2) is 61.1 Å². The van der Waals surface area contributed by atoms with E-state index in [-0.39, 0.29) is 17.5 Å². The van der Waals surface area contributed by atoms with Gasteiger partial charge in [-0.2, -0.15) is 13.2 Å². The first kappa shape index (κ1) is 20.5. The van der Waals surface area contributed by atoms with Gasteiger partial charge in [-0.05, 0) is 48.7 Å². The van der Waals surface area contributed by atoms with E-state index in [9.17, 15) is 18.0 Å². The first-order valence-electron chi connectivity index (χ1n) is 10.5. The van der Waals surface area contributed by atoms with Crippen molar-refractivity contribution in [1.82, 2.24) is 19.4 Å². The standard InChI is InChI=1S/C24H21F3N4O/c25-24(26,27)19-4-1-5-21-23(19)31(15-29-21)18-8-11-30(12-9-18)22(32)14-16-6-7-20-17(13-16)3-2-10-28-20/h1-7,10,13,15,18H,8-9,11-12,14H2. The van der Waals surface area contributed by atoms with Crippen molar-refractivity contribution in [2.24, 2.45) is 0 Å². The normalized spacial score (nSPS) is 15.5. The Kier molecular flexibility index (Phi) is 5.07. The molecule has 0 spiro atoms. The van der Waals surface area contributed by atoms with Crippen molar-refractivity contribution in [1.29, 1.82) is 0 Å². The third-order valence-corrected chi connectivity index (χ3v) is 6.13. The van der Waals surface area contributed by atoms with Crippen LogP contribution in [0.5, 0.6) is 0 Å². The van der Waals surface area contributed by atoms with Crippen LogP contribution >= 0.6 is 0 Å². The Morgan fingerprint density at radius 2 is 1.81 bits per heavy atom. The Balaban J connectivity index is 1.29. The SMILES string of the molecule is O=C(Cc1ccc2ncccc2c1)N1CCC(n2cnc3cccc(C(F)(F)F)c32)CC1. The number of aromatic nitrogens is 3. The summed E-state index contributed by atoms with van der Waals surface area (Å²) in [6.45, 7) is 1.01. The van der Waals surface area contributed by atoms with Crippen molar-refractivity contribution < 1.29 is 18.0 Å². The lowest BCUT2D eigenvalue weighted by atomic mass is 10.0. The van der Waals surface area contributed by atoms with Crippen molar-refractivity contribution >= 4 is 27.8 Å². The Hall–Kier alpha value is -3.42. The molecule has 1 aliphatic heterocycles. The predicted molar refractivity (Wildman–Crippen MR) is 115 cm³/mol. The minimum atomic E-state index is -4.44. The van der Waals surface area contributed by atoms with Crippen LogP contribution < -0.4 is 0 Å². The fraction of sp³-hybridized carbons (Fsp3) is 0.292. The summed E-state index contributed by atoms with van der Waals surface area (Å²) in [6.07, 6.45) is 0.255. The van der Waals surface area contributed by atoms with Gasteiger partial charge in [0.2, 0.25) is 5.91 Å². The van der Waals surface area contributed by atoms with Gasteiger partial charge >= 0.3 is 6.18 Å². The quantitative estimate of drug-likeness (QED) is 0.452. The maximum Gasteiger partial charge on any atom is 0.418 e. The molecule has 5 rings (SSSR count). The van der Waals surface area contributed by atoms with Gasteiger partial charge in [-0.1, -0.05) is 18.2 Å². The van der Waals surface area contributed by atoms with Crippen LogP contribution in [-0.2, 0) is 17.4 Å². The van der Waals surface area contributed by atoms with Crippen molar-refractivity contribution in [2.45, 2.75) is 31.5 Å². The number of para-hydroxylation sites is 1. The van der Waals surface area contributed by atoms with Crippen molar-refractivity contribution in [3.63, 3.8) is 0 Å². The van der Waals surface area contributed by atoms with Gasteiger partial charge in [0.15, 0.2) is 0 Å². The van der Waals surface area contributed by atoms with Gasteiger partial charge in [0.25, 0.3) is 0 Å². The summed E-state index contributed by atoms with van der Waals surface area (Å²) in [5.74, 6) is 0.0261. The molecule has 32 heavy (non-hydrogen) atoms. The lowest BCUT2D eigenvalue weighted by Crippen LogP contribution is -2.39. The number of piperidine rings is 1. The van der Waals surface area contributed by atoms with Crippen LogP contribution in [0.3, 0.4) is 0 Å². The summed E-state index contributed by atoms with van der Waals surface area (Å²) >= 11 is 0. The molecular formula is C24H21F3N4O. The molecule has 2 aromatic carbocycles. The van der Waals surface area contributed by atoms with E-state index in [2.05, 4.69) is 9.97 Å². The highest BCUT2D eigenvalue weighted by molar-refractivity contribution is 5.83. The Morgan fingerprint density at radius 3 is 2.59 bits per heavy atom. The molecule has 1 fully saturated rings. The zero-order chi connectivity index (χ0) is 22.3. The van der Waals surface area contributed by atoms with E-state index in [4.69, 9.17) is 0 Å². The van der Waals surface area contributed by atoms with Crippen LogP contribution in [0.4, 0.5) is 13.2 Å². The lowest BCUT2D eigenvalue weighted by Gasteiger charge is -2.33. The monoisotopic (exact) mass is 438 g/mol. The number of rotatable bonds is 3. The number of alkyl halides is 3. The molecule has 3 heterocycles. The summed E-state index contributed by atoms with van der Waals surface area (Å²) in [5, 5.41) is 0.990. The summed E-state index contributed by atoms with van der Waals surface area (Å²) in [4.78, 5) is 23.1. The van der Waals surface area contributed by atoms with Gasteiger partial charge in [-0.15, -0.1) is 0 Å². The summed E-state index contributed by atoms with van der Waals surface area (Å²) in [5.41, 5.74) is 1.60. The average molecular weight is 438 g/mol. The maximum absolute atomic E-state index is 13.5. The number of nitrogens with zero attached hydrogens (tertiary/aromatic N) is 4. The van der Waals surface area contributed by atoms with Crippen LogP contribution in [-0.4, -0.2) is 38.4 Å². The van der Waals surface area contributed by atoms with Crippen LogP contribution in [0.2, 0.25) is 0 Å². The van der Waals surface area contributed by atoms with Crippen molar-refractivity contribution in [3.05, 3.63) is 72.2 Å². The molecule has 0 aliphatic carbocycles. The van der Waals surface area contributed by atoms with E-state index in [1.807, 2.05) is 30.3 Å². The van der Waals surface area contributed by atoms with Crippen LogP contribution in [0.25, 0.3) is 21.9 Å². The molecular weight excluding hydrogens is 417 g/mol. The number of benzene rings is 2. The molecule has 1 aliphatic rings. The second-order valence-electron chi connectivity index (χ2n) is 8.14. The molecule has 0 radical (unpaired) electrons. The Labute approximate surface area is 182 Å². The van der Waals surface area contributed by atoms with Crippen LogP contribution in [0.1, 0.15) is 30.0 Å². The first-order chi connectivity index (χ1) is 15.4. The molecule has 0 unspecified atom stereocenters. The molecule has 2 aromatic heterocycles. The van der Waals surface area contributed by atoms with Gasteiger partial charge in [-0.25, -0.2) is 4.98 Å². The number of fused-ring (bicyclic) bond motifs is 2. The molecule has 4 aromatic rings. The highest BCUT2D eigenvalue weighted by Crippen LogP contribution is 2.37. The topological polar surface area (TPSA) is 51.0 Å². The molecule has 8 heteroatoms. The van der Waals surface area contributed by atoms with E-state index in [1.165, 1.54) is 12.4 Å². The third-order valence-electron chi connectivity index (χ3n) is 6.13. The van der Waals surface area contributed by atoms with Crippen LogP contribution in [0, 0.1) is 0 Å². The molecule has 0 atom stereocenters. The molecule has 0 N–H and O–H groups in total.